The number of hydrogen-bond donors (Lipinski definition) is 1. The van der Waals surface area contributed by atoms with Crippen LogP contribution >= 0.6 is 23.4 Å². The Morgan fingerprint density at radius 3 is 2.94 bits per heavy atom. The van der Waals surface area contributed by atoms with Crippen LogP contribution in [-0.4, -0.2) is 29.7 Å². The van der Waals surface area contributed by atoms with Crippen LogP contribution in [0.15, 0.2) is 18.2 Å². The van der Waals surface area contributed by atoms with Crippen LogP contribution < -0.4 is 4.74 Å². The van der Waals surface area contributed by atoms with Gasteiger partial charge in [0.15, 0.2) is 0 Å². The van der Waals surface area contributed by atoms with E-state index in [0.29, 0.717) is 17.4 Å². The van der Waals surface area contributed by atoms with Crippen molar-refractivity contribution in [2.45, 2.75) is 6.42 Å². The summed E-state index contributed by atoms with van der Waals surface area (Å²) in [6, 6.07) is 4.61. The van der Waals surface area contributed by atoms with E-state index < -0.39 is 5.97 Å². The van der Waals surface area contributed by atoms with Crippen LogP contribution in [0.2, 0.25) is 5.02 Å². The second-order valence-electron chi connectivity index (χ2n) is 3.14. The van der Waals surface area contributed by atoms with Crippen molar-refractivity contribution in [3.05, 3.63) is 28.8 Å². The van der Waals surface area contributed by atoms with Gasteiger partial charge in [-0.15, -0.1) is 0 Å². The quantitative estimate of drug-likeness (QED) is 0.798. The fourth-order valence-corrected chi connectivity index (χ4v) is 1.76. The lowest BCUT2D eigenvalue weighted by Gasteiger charge is -2.08. The molecule has 16 heavy (non-hydrogen) atoms. The lowest BCUT2D eigenvalue weighted by molar-refractivity contribution is 0.0692. The predicted octanol–water partition coefficient (Wildman–Crippen LogP) is 3.17. The molecule has 1 aromatic rings. The summed E-state index contributed by atoms with van der Waals surface area (Å²) in [7, 11) is 0. The summed E-state index contributed by atoms with van der Waals surface area (Å²) in [6.07, 6.45) is 2.91. The van der Waals surface area contributed by atoms with E-state index in [9.17, 15) is 4.79 Å². The molecule has 0 radical (unpaired) electrons. The van der Waals surface area contributed by atoms with Crippen LogP contribution in [-0.2, 0) is 0 Å². The molecule has 0 unspecified atom stereocenters. The minimum atomic E-state index is -1.03. The van der Waals surface area contributed by atoms with E-state index in [1.54, 1.807) is 23.9 Å². The molecule has 0 bridgehead atoms. The number of ether oxygens (including phenoxy) is 1. The zero-order valence-corrected chi connectivity index (χ0v) is 10.5. The fourth-order valence-electron chi connectivity index (χ4n) is 1.18. The summed E-state index contributed by atoms with van der Waals surface area (Å²) in [5.74, 6) is 0.344. The third-order valence-electron chi connectivity index (χ3n) is 1.92. The molecule has 0 saturated carbocycles. The first kappa shape index (κ1) is 13.2. The number of thioether (sulfide) groups is 1. The maximum absolute atomic E-state index is 10.9. The molecular weight excluding hydrogens is 248 g/mol. The third kappa shape index (κ3) is 3.94. The van der Waals surface area contributed by atoms with Crippen molar-refractivity contribution >= 4 is 29.3 Å². The minimum absolute atomic E-state index is 0.108. The van der Waals surface area contributed by atoms with Gasteiger partial charge >= 0.3 is 5.97 Å². The monoisotopic (exact) mass is 260 g/mol. The first-order chi connectivity index (χ1) is 7.65. The second kappa shape index (κ2) is 6.66. The van der Waals surface area contributed by atoms with Crippen molar-refractivity contribution in [1.29, 1.82) is 0 Å². The van der Waals surface area contributed by atoms with Crippen LogP contribution in [0.5, 0.6) is 5.75 Å². The molecule has 0 heterocycles. The first-order valence-electron chi connectivity index (χ1n) is 4.79. The summed E-state index contributed by atoms with van der Waals surface area (Å²) in [5.41, 5.74) is 0.108. The Hall–Kier alpha value is -0.870. The molecule has 1 N–H and O–H groups in total. The highest BCUT2D eigenvalue weighted by Gasteiger charge is 2.11. The highest BCUT2D eigenvalue weighted by molar-refractivity contribution is 7.98. The molecule has 0 amide bonds. The van der Waals surface area contributed by atoms with Gasteiger partial charge in [-0.2, -0.15) is 11.8 Å². The Bertz CT molecular complexity index is 368. The Balaban J connectivity index is 2.67. The number of carboxylic acid groups (broad SMARTS) is 1. The lowest BCUT2D eigenvalue weighted by atomic mass is 10.2. The molecule has 1 rings (SSSR count). The summed E-state index contributed by atoms with van der Waals surface area (Å²) in [5, 5.41) is 9.35. The third-order valence-corrected chi connectivity index (χ3v) is 2.85. The zero-order chi connectivity index (χ0) is 12.0. The molecule has 0 aliphatic heterocycles. The molecule has 3 nitrogen and oxygen atoms in total. The molecule has 0 saturated heterocycles. The van der Waals surface area contributed by atoms with E-state index in [0.717, 1.165) is 12.2 Å². The molecule has 5 heteroatoms. The van der Waals surface area contributed by atoms with Crippen LogP contribution in [0, 0.1) is 0 Å². The maximum atomic E-state index is 10.9. The average Bonchev–Trinajstić information content (AvgIpc) is 2.26. The number of rotatable bonds is 6. The molecule has 0 aliphatic rings. The van der Waals surface area contributed by atoms with E-state index in [2.05, 4.69) is 0 Å². The van der Waals surface area contributed by atoms with Crippen LogP contribution in [0.4, 0.5) is 0 Å². The number of halogens is 1. The smallest absolute Gasteiger partial charge is 0.339 e. The van der Waals surface area contributed by atoms with Gasteiger partial charge in [-0.3, -0.25) is 0 Å². The number of aromatic carboxylic acids is 1. The minimum Gasteiger partial charge on any atom is -0.493 e. The Kier molecular flexibility index (Phi) is 5.49. The molecule has 1 aromatic carbocycles. The van der Waals surface area contributed by atoms with Gasteiger partial charge < -0.3 is 9.84 Å². The molecule has 0 fully saturated rings. The van der Waals surface area contributed by atoms with Gasteiger partial charge in [0, 0.05) is 5.02 Å². The number of benzene rings is 1. The molecule has 0 aliphatic carbocycles. The van der Waals surface area contributed by atoms with Crippen molar-refractivity contribution in [3.63, 3.8) is 0 Å². The first-order valence-corrected chi connectivity index (χ1v) is 6.57. The van der Waals surface area contributed by atoms with E-state index in [1.165, 1.54) is 6.07 Å². The Morgan fingerprint density at radius 2 is 2.31 bits per heavy atom. The van der Waals surface area contributed by atoms with Gasteiger partial charge in [0.1, 0.15) is 11.3 Å². The van der Waals surface area contributed by atoms with E-state index in [1.807, 2.05) is 6.26 Å². The van der Waals surface area contributed by atoms with Crippen molar-refractivity contribution in [2.75, 3.05) is 18.6 Å². The largest absolute Gasteiger partial charge is 0.493 e. The molecule has 0 aromatic heterocycles. The SMILES string of the molecule is CSCCCOc1ccc(Cl)cc1C(=O)O. The van der Waals surface area contributed by atoms with Gasteiger partial charge in [0.25, 0.3) is 0 Å². The van der Waals surface area contributed by atoms with Crippen LogP contribution in [0.1, 0.15) is 16.8 Å². The number of hydrogen-bond acceptors (Lipinski definition) is 3. The molecule has 0 spiro atoms. The van der Waals surface area contributed by atoms with E-state index in [4.69, 9.17) is 21.4 Å². The second-order valence-corrected chi connectivity index (χ2v) is 4.56. The lowest BCUT2D eigenvalue weighted by Crippen LogP contribution is -2.05. The average molecular weight is 261 g/mol. The standard InChI is InChI=1S/C11H13ClO3S/c1-16-6-2-5-15-10-4-3-8(12)7-9(10)11(13)14/h3-4,7H,2,5-6H2,1H3,(H,13,14). The Morgan fingerprint density at radius 1 is 1.56 bits per heavy atom. The molecular formula is C11H13ClO3S. The highest BCUT2D eigenvalue weighted by atomic mass is 35.5. The molecule has 88 valence electrons. The van der Waals surface area contributed by atoms with Gasteiger partial charge in [0.05, 0.1) is 6.61 Å². The van der Waals surface area contributed by atoms with Crippen molar-refractivity contribution in [1.82, 2.24) is 0 Å². The van der Waals surface area contributed by atoms with Gasteiger partial charge in [-0.25, -0.2) is 4.79 Å². The fraction of sp³-hybridized carbons (Fsp3) is 0.364. The highest BCUT2D eigenvalue weighted by Crippen LogP contribution is 2.23. The summed E-state index contributed by atoms with van der Waals surface area (Å²) >= 11 is 7.45. The van der Waals surface area contributed by atoms with Crippen LogP contribution in [0.25, 0.3) is 0 Å². The van der Waals surface area contributed by atoms with Crippen molar-refractivity contribution in [3.8, 4) is 5.75 Å². The summed E-state index contributed by atoms with van der Waals surface area (Å²) in [6.45, 7) is 0.517. The number of carbonyl (C=O) groups is 1. The zero-order valence-electron chi connectivity index (χ0n) is 8.90. The molecule has 0 atom stereocenters. The van der Waals surface area contributed by atoms with E-state index in [-0.39, 0.29) is 5.56 Å². The van der Waals surface area contributed by atoms with Crippen LogP contribution in [0.3, 0.4) is 0 Å². The van der Waals surface area contributed by atoms with Crippen molar-refractivity contribution < 1.29 is 14.6 Å². The van der Waals surface area contributed by atoms with Gasteiger partial charge in [-0.05, 0) is 36.6 Å². The summed E-state index contributed by atoms with van der Waals surface area (Å²) in [4.78, 5) is 10.9. The van der Waals surface area contributed by atoms with Gasteiger partial charge in [-0.1, -0.05) is 11.6 Å². The maximum Gasteiger partial charge on any atom is 0.339 e. The topological polar surface area (TPSA) is 46.5 Å². The summed E-state index contributed by atoms with van der Waals surface area (Å²) < 4.78 is 5.40. The van der Waals surface area contributed by atoms with E-state index >= 15 is 0 Å². The predicted molar refractivity (Wildman–Crippen MR) is 66.9 cm³/mol. The normalized spacial score (nSPS) is 10.1. The van der Waals surface area contributed by atoms with Crippen molar-refractivity contribution in [2.24, 2.45) is 0 Å². The Labute approximate surface area is 104 Å². The van der Waals surface area contributed by atoms with Gasteiger partial charge in [0.2, 0.25) is 0 Å². The number of carboxylic acids is 1.